The van der Waals surface area contributed by atoms with E-state index in [9.17, 15) is 8.42 Å². The van der Waals surface area contributed by atoms with Gasteiger partial charge in [-0.25, -0.2) is 13.1 Å². The summed E-state index contributed by atoms with van der Waals surface area (Å²) in [6, 6.07) is 0. The van der Waals surface area contributed by atoms with Gasteiger partial charge in [-0.3, -0.25) is 4.68 Å². The molecule has 2 heterocycles. The lowest BCUT2D eigenvalue weighted by molar-refractivity contribution is 0.0557. The van der Waals surface area contributed by atoms with Crippen LogP contribution in [0, 0.1) is 13.8 Å². The van der Waals surface area contributed by atoms with Crippen LogP contribution in [-0.2, 0) is 21.8 Å². The normalized spacial score (nSPS) is 19.2. The highest BCUT2D eigenvalue weighted by Gasteiger charge is 2.37. The third kappa shape index (κ3) is 2.93. The maximum Gasteiger partial charge on any atom is 0.244 e. The van der Waals surface area contributed by atoms with Crippen molar-refractivity contribution in [1.82, 2.24) is 14.5 Å². The van der Waals surface area contributed by atoms with Crippen LogP contribution in [0.1, 0.15) is 24.2 Å². The number of hydrogen-bond acceptors (Lipinski definition) is 4. The number of sulfonamides is 1. The fourth-order valence-electron chi connectivity index (χ4n) is 2.50. The van der Waals surface area contributed by atoms with E-state index in [0.717, 1.165) is 0 Å². The highest BCUT2D eigenvalue weighted by molar-refractivity contribution is 9.09. The average molecular weight is 366 g/mol. The molecule has 20 heavy (non-hydrogen) atoms. The Hall–Kier alpha value is -0.440. The number of rotatable bonds is 4. The summed E-state index contributed by atoms with van der Waals surface area (Å²) >= 11 is 3.43. The summed E-state index contributed by atoms with van der Waals surface area (Å²) in [5.41, 5.74) is 0.687. The summed E-state index contributed by atoms with van der Waals surface area (Å²) in [7, 11) is -1.84. The van der Waals surface area contributed by atoms with Gasteiger partial charge in [-0.05, 0) is 26.7 Å². The van der Waals surface area contributed by atoms with Crippen LogP contribution in [0.2, 0.25) is 0 Å². The van der Waals surface area contributed by atoms with Crippen molar-refractivity contribution in [2.45, 2.75) is 37.1 Å². The lowest BCUT2D eigenvalue weighted by Crippen LogP contribution is -2.53. The van der Waals surface area contributed by atoms with Crippen LogP contribution in [-0.4, -0.2) is 42.3 Å². The summed E-state index contributed by atoms with van der Waals surface area (Å²) in [4.78, 5) is 0.284. The first-order valence-electron chi connectivity index (χ1n) is 6.49. The molecule has 1 aliphatic heterocycles. The van der Waals surface area contributed by atoms with Crippen molar-refractivity contribution in [3.05, 3.63) is 11.4 Å². The predicted octanol–water partition coefficient (Wildman–Crippen LogP) is 1.26. The largest absolute Gasteiger partial charge is 0.381 e. The fourth-order valence-corrected chi connectivity index (χ4v) is 5.29. The minimum absolute atomic E-state index is 0.284. The zero-order valence-electron chi connectivity index (χ0n) is 11.9. The first-order chi connectivity index (χ1) is 9.31. The predicted molar refractivity (Wildman–Crippen MR) is 79.6 cm³/mol. The van der Waals surface area contributed by atoms with Crippen LogP contribution in [0.3, 0.4) is 0 Å². The molecular formula is C12H20BrN3O3S. The molecule has 0 amide bonds. The van der Waals surface area contributed by atoms with Gasteiger partial charge in [-0.1, -0.05) is 15.9 Å². The topological polar surface area (TPSA) is 73.2 Å². The van der Waals surface area contributed by atoms with Gasteiger partial charge in [0.2, 0.25) is 10.0 Å². The minimum Gasteiger partial charge on any atom is -0.381 e. The Bertz CT molecular complexity index is 591. The molecule has 0 bridgehead atoms. The summed E-state index contributed by atoms with van der Waals surface area (Å²) < 4.78 is 35.2. The molecule has 1 aliphatic rings. The summed E-state index contributed by atoms with van der Waals surface area (Å²) in [6.07, 6.45) is 1.33. The van der Waals surface area contributed by atoms with E-state index in [0.29, 0.717) is 42.8 Å². The molecule has 6 nitrogen and oxygen atoms in total. The van der Waals surface area contributed by atoms with Gasteiger partial charge in [0, 0.05) is 31.1 Å². The van der Waals surface area contributed by atoms with Crippen LogP contribution >= 0.6 is 15.9 Å². The van der Waals surface area contributed by atoms with E-state index in [-0.39, 0.29) is 4.90 Å². The van der Waals surface area contributed by atoms with Gasteiger partial charge in [0.15, 0.2) is 0 Å². The van der Waals surface area contributed by atoms with Gasteiger partial charge in [-0.15, -0.1) is 0 Å². The van der Waals surface area contributed by atoms with Crippen LogP contribution < -0.4 is 4.72 Å². The number of aromatic nitrogens is 2. The summed E-state index contributed by atoms with van der Waals surface area (Å²) in [6.45, 7) is 4.62. The SMILES string of the molecule is Cc1nn(C)c(C)c1S(=O)(=O)NC1(CBr)CCOCC1. The fraction of sp³-hybridized carbons (Fsp3) is 0.750. The molecule has 1 aromatic rings. The van der Waals surface area contributed by atoms with Crippen molar-refractivity contribution in [1.29, 1.82) is 0 Å². The van der Waals surface area contributed by atoms with E-state index in [1.165, 1.54) is 0 Å². The summed E-state index contributed by atoms with van der Waals surface area (Å²) in [5.74, 6) is 0. The average Bonchev–Trinajstić information content (AvgIpc) is 2.64. The van der Waals surface area contributed by atoms with Crippen molar-refractivity contribution in [3.63, 3.8) is 0 Å². The molecule has 1 aromatic heterocycles. The standard InChI is InChI=1S/C12H20BrN3O3S/c1-9-11(10(2)16(3)14-9)20(17,18)15-12(8-13)4-6-19-7-5-12/h15H,4-8H2,1-3H3. The van der Waals surface area contributed by atoms with Gasteiger partial charge in [-0.2, -0.15) is 5.10 Å². The quantitative estimate of drug-likeness (QED) is 0.815. The zero-order valence-corrected chi connectivity index (χ0v) is 14.3. The Morgan fingerprint density at radius 1 is 1.40 bits per heavy atom. The van der Waals surface area contributed by atoms with Gasteiger partial charge in [0.05, 0.1) is 11.4 Å². The van der Waals surface area contributed by atoms with E-state index in [1.807, 2.05) is 0 Å². The highest BCUT2D eigenvalue weighted by Crippen LogP contribution is 2.27. The second-order valence-electron chi connectivity index (χ2n) is 5.26. The molecule has 0 atom stereocenters. The number of halogens is 1. The molecule has 2 rings (SSSR count). The molecule has 0 spiro atoms. The van der Waals surface area contributed by atoms with Gasteiger partial charge >= 0.3 is 0 Å². The van der Waals surface area contributed by atoms with E-state index < -0.39 is 15.6 Å². The van der Waals surface area contributed by atoms with E-state index in [4.69, 9.17) is 4.74 Å². The third-order valence-corrected chi connectivity index (χ3v) is 6.67. The number of nitrogens with one attached hydrogen (secondary N) is 1. The van der Waals surface area contributed by atoms with Crippen LogP contribution in [0.5, 0.6) is 0 Å². The van der Waals surface area contributed by atoms with Gasteiger partial charge in [0.25, 0.3) is 0 Å². The summed E-state index contributed by atoms with van der Waals surface area (Å²) in [5, 5.41) is 4.75. The molecule has 0 unspecified atom stereocenters. The third-order valence-electron chi connectivity index (χ3n) is 3.77. The monoisotopic (exact) mass is 365 g/mol. The number of aryl methyl sites for hydroxylation is 2. The van der Waals surface area contributed by atoms with Crippen molar-refractivity contribution in [3.8, 4) is 0 Å². The maximum absolute atomic E-state index is 12.7. The Morgan fingerprint density at radius 2 is 2.00 bits per heavy atom. The molecule has 8 heteroatoms. The van der Waals surface area contributed by atoms with Crippen molar-refractivity contribution in [2.75, 3.05) is 18.5 Å². The van der Waals surface area contributed by atoms with Crippen molar-refractivity contribution in [2.24, 2.45) is 7.05 Å². The molecule has 114 valence electrons. The highest BCUT2D eigenvalue weighted by atomic mass is 79.9. The van der Waals surface area contributed by atoms with Crippen LogP contribution in [0.25, 0.3) is 0 Å². The number of hydrogen-bond donors (Lipinski definition) is 1. The second kappa shape index (κ2) is 5.75. The minimum atomic E-state index is -3.59. The van der Waals surface area contributed by atoms with Gasteiger partial charge in [0.1, 0.15) is 4.90 Å². The second-order valence-corrected chi connectivity index (χ2v) is 7.44. The number of alkyl halides is 1. The zero-order chi connectivity index (χ0) is 15.0. The molecule has 0 saturated carbocycles. The Kier molecular flexibility index (Phi) is 4.58. The van der Waals surface area contributed by atoms with E-state index >= 15 is 0 Å². The number of ether oxygens (including phenoxy) is 1. The molecule has 1 N–H and O–H groups in total. The molecular weight excluding hydrogens is 346 g/mol. The molecule has 0 radical (unpaired) electrons. The molecule has 0 aliphatic carbocycles. The molecule has 1 fully saturated rings. The lowest BCUT2D eigenvalue weighted by atomic mass is 9.94. The van der Waals surface area contributed by atoms with E-state index in [1.54, 1.807) is 25.6 Å². The smallest absolute Gasteiger partial charge is 0.244 e. The molecule has 1 saturated heterocycles. The van der Waals surface area contributed by atoms with E-state index in [2.05, 4.69) is 25.8 Å². The first kappa shape index (κ1) is 15.9. The Balaban J connectivity index is 2.35. The van der Waals surface area contributed by atoms with Crippen LogP contribution in [0.4, 0.5) is 0 Å². The Morgan fingerprint density at radius 3 is 2.45 bits per heavy atom. The van der Waals surface area contributed by atoms with Crippen molar-refractivity contribution >= 4 is 26.0 Å². The maximum atomic E-state index is 12.7. The Labute approximate surface area is 128 Å². The van der Waals surface area contributed by atoms with Crippen molar-refractivity contribution < 1.29 is 13.2 Å². The first-order valence-corrected chi connectivity index (χ1v) is 9.10. The molecule has 0 aromatic carbocycles. The van der Waals surface area contributed by atoms with Crippen LogP contribution in [0.15, 0.2) is 4.90 Å². The van der Waals surface area contributed by atoms with Gasteiger partial charge < -0.3 is 4.74 Å². The lowest BCUT2D eigenvalue weighted by Gasteiger charge is -2.36. The number of nitrogens with zero attached hydrogens (tertiary/aromatic N) is 2.